The van der Waals surface area contributed by atoms with Gasteiger partial charge in [-0.3, -0.25) is 52.7 Å². The number of rotatable bonds is 14. The summed E-state index contributed by atoms with van der Waals surface area (Å²) in [6.07, 6.45) is -0.0253. The van der Waals surface area contributed by atoms with Crippen LogP contribution in [0.2, 0.25) is 0 Å². The van der Waals surface area contributed by atoms with E-state index in [-0.39, 0.29) is 56.7 Å². The van der Waals surface area contributed by atoms with E-state index < -0.39 is 176 Å². The topological polar surface area (TPSA) is 404 Å². The van der Waals surface area contributed by atoms with Gasteiger partial charge in [-0.25, -0.2) is 0 Å². The molecule has 27 nitrogen and oxygen atoms in total. The highest BCUT2D eigenvalue weighted by Crippen LogP contribution is 2.23. The molecule has 0 radical (unpaired) electrons. The molecule has 0 saturated carbocycles. The van der Waals surface area contributed by atoms with Crippen LogP contribution in [0.4, 0.5) is 0 Å². The molecule has 5 rings (SSSR count). The molecule has 3 aliphatic heterocycles. The van der Waals surface area contributed by atoms with Gasteiger partial charge in [0.05, 0.1) is 32.0 Å². The van der Waals surface area contributed by atoms with Crippen molar-refractivity contribution >= 4 is 65.0 Å². The van der Waals surface area contributed by atoms with Crippen LogP contribution in [0.3, 0.4) is 0 Å². The predicted molar refractivity (Wildman–Crippen MR) is 314 cm³/mol. The van der Waals surface area contributed by atoms with Crippen LogP contribution in [-0.2, 0) is 65.6 Å². The smallest absolute Gasteiger partial charge is 0.270 e. The number of aliphatic hydroxyl groups is 4. The first-order valence-corrected chi connectivity index (χ1v) is 29.8. The van der Waals surface area contributed by atoms with Gasteiger partial charge in [-0.15, -0.1) is 0 Å². The molecule has 3 fully saturated rings. The molecule has 12 atom stereocenters. The first kappa shape index (κ1) is 69.8. The summed E-state index contributed by atoms with van der Waals surface area (Å²) in [5.41, 5.74) is 0.579. The molecule has 3 aliphatic rings. The van der Waals surface area contributed by atoms with Crippen molar-refractivity contribution in [2.75, 3.05) is 32.8 Å². The third-order valence-electron chi connectivity index (χ3n) is 15.5. The summed E-state index contributed by atoms with van der Waals surface area (Å²) < 4.78 is 0. The molecule has 0 aliphatic carbocycles. The number of carbonyl (C=O) groups excluding carboxylic acids is 11. The van der Waals surface area contributed by atoms with Crippen molar-refractivity contribution in [1.82, 2.24) is 57.7 Å². The van der Waals surface area contributed by atoms with Crippen LogP contribution >= 0.6 is 0 Å². The lowest BCUT2D eigenvalue weighted by molar-refractivity contribution is -0.142. The summed E-state index contributed by atoms with van der Waals surface area (Å²) in [4.78, 5) is 158. The minimum atomic E-state index is -1.79. The van der Waals surface area contributed by atoms with Gasteiger partial charge in [-0.1, -0.05) is 109 Å². The third kappa shape index (κ3) is 20.6. The molecule has 87 heavy (non-hydrogen) atoms. The molecule has 478 valence electrons. The number of carbonyl (C=O) groups is 11. The summed E-state index contributed by atoms with van der Waals surface area (Å²) >= 11 is 0. The molecule has 3 heterocycles. The number of amides is 11. The summed E-state index contributed by atoms with van der Waals surface area (Å²) in [6, 6.07) is 1.48. The highest BCUT2D eigenvalue weighted by atomic mass is 16.3. The number of benzene rings is 2. The van der Waals surface area contributed by atoms with Crippen LogP contribution < -0.4 is 47.9 Å². The van der Waals surface area contributed by atoms with Gasteiger partial charge in [0.2, 0.25) is 59.1 Å². The molecule has 0 unspecified atom stereocenters. The van der Waals surface area contributed by atoms with E-state index in [1.165, 1.54) is 37.3 Å². The summed E-state index contributed by atoms with van der Waals surface area (Å²) in [5.74, 6) is -10.8. The second-order valence-corrected chi connectivity index (χ2v) is 22.9. The van der Waals surface area contributed by atoms with Gasteiger partial charge in [0, 0.05) is 51.2 Å². The van der Waals surface area contributed by atoms with Crippen molar-refractivity contribution in [1.29, 1.82) is 0 Å². The second kappa shape index (κ2) is 33.8. The quantitative estimate of drug-likeness (QED) is 0.0698. The minimum absolute atomic E-state index is 0.00166. The number of aliphatic hydroxyl groups excluding tert-OH is 4. The van der Waals surface area contributed by atoms with Crippen LogP contribution in [-0.4, -0.2) is 200 Å². The first-order valence-electron chi connectivity index (χ1n) is 29.8. The summed E-state index contributed by atoms with van der Waals surface area (Å²) in [7, 11) is 0. The monoisotopic (exact) mass is 1220 g/mol. The average Bonchev–Trinajstić information content (AvgIpc) is 3.81. The maximum atomic E-state index is 14.8. The SMILES string of the molecule is C/C=C1/NC(=O)[C@H](CO)NC(=O)C[C@@H](CCCCC)NC(=O)CNC(=O)[C@@H]2C[C@@H](O)CN2C(=O)[C@@H](Cc2ccccc2)NC(=O)[C@H]([C@@H](C)CC)NC(=O)[C@@H](CC(C)C)NC(=O)[C@@H](Cc2ccc(O)cc2)NC(=O)[C@H](CO)NC(=O)[C@@H]2C[C@@H](O)CN2C1=O. The van der Waals surface area contributed by atoms with Crippen molar-refractivity contribution in [2.24, 2.45) is 11.8 Å². The van der Waals surface area contributed by atoms with Crippen molar-refractivity contribution in [3.8, 4) is 5.75 Å². The Morgan fingerprint density at radius 2 is 1.14 bits per heavy atom. The van der Waals surface area contributed by atoms with Gasteiger partial charge in [0.25, 0.3) is 5.91 Å². The van der Waals surface area contributed by atoms with E-state index in [4.69, 9.17) is 0 Å². The number of fused-ring (bicyclic) bond motifs is 2. The van der Waals surface area contributed by atoms with Gasteiger partial charge in [-0.2, -0.15) is 0 Å². The Balaban J connectivity index is 1.54. The number of allylic oxidation sites excluding steroid dienone is 1. The second-order valence-electron chi connectivity index (χ2n) is 22.9. The number of hydrogen-bond acceptors (Lipinski definition) is 16. The number of aromatic hydroxyl groups is 1. The van der Waals surface area contributed by atoms with E-state index >= 15 is 0 Å². The van der Waals surface area contributed by atoms with Crippen molar-refractivity contribution in [3.63, 3.8) is 0 Å². The van der Waals surface area contributed by atoms with Crippen LogP contribution in [0.5, 0.6) is 5.75 Å². The van der Waals surface area contributed by atoms with Crippen molar-refractivity contribution in [2.45, 2.75) is 179 Å². The van der Waals surface area contributed by atoms with Gasteiger partial charge >= 0.3 is 0 Å². The molecule has 2 aromatic carbocycles. The Morgan fingerprint density at radius 3 is 1.75 bits per heavy atom. The minimum Gasteiger partial charge on any atom is -0.508 e. The van der Waals surface area contributed by atoms with Crippen LogP contribution in [0, 0.1) is 11.8 Å². The average molecular weight is 1220 g/mol. The largest absolute Gasteiger partial charge is 0.508 e. The predicted octanol–water partition coefficient (Wildman–Crippen LogP) is -2.31. The molecule has 11 amide bonds. The Kier molecular flexibility index (Phi) is 27.1. The van der Waals surface area contributed by atoms with Crippen LogP contribution in [0.25, 0.3) is 0 Å². The van der Waals surface area contributed by atoms with Crippen LogP contribution in [0.15, 0.2) is 66.4 Å². The molecule has 0 spiro atoms. The highest BCUT2D eigenvalue weighted by molar-refractivity contribution is 6.03. The molecule has 3 saturated heterocycles. The molecular formula is C60H87N11O16. The maximum Gasteiger partial charge on any atom is 0.270 e. The molecule has 2 aromatic rings. The first-order chi connectivity index (χ1) is 41.4. The molecule has 0 bridgehead atoms. The van der Waals surface area contributed by atoms with E-state index in [1.807, 2.05) is 6.92 Å². The summed E-state index contributed by atoms with van der Waals surface area (Å²) in [6.45, 7) is 6.93. The van der Waals surface area contributed by atoms with Crippen molar-refractivity contribution in [3.05, 3.63) is 77.5 Å². The molecule has 14 N–H and O–H groups in total. The lowest BCUT2D eigenvalue weighted by atomic mass is 9.95. The van der Waals surface area contributed by atoms with E-state index in [2.05, 4.69) is 47.9 Å². The van der Waals surface area contributed by atoms with E-state index in [9.17, 15) is 78.3 Å². The molecular weight excluding hydrogens is 1130 g/mol. The number of phenols is 1. The number of phenolic OH excluding ortho intramolecular Hbond substituents is 1. The van der Waals surface area contributed by atoms with Gasteiger partial charge in [0.1, 0.15) is 59.8 Å². The van der Waals surface area contributed by atoms with E-state index in [0.29, 0.717) is 24.0 Å². The Bertz CT molecular complexity index is 2770. The van der Waals surface area contributed by atoms with E-state index in [0.717, 1.165) is 22.6 Å². The number of hydrogen-bond donors (Lipinski definition) is 14. The fourth-order valence-electron chi connectivity index (χ4n) is 10.6. The van der Waals surface area contributed by atoms with Gasteiger partial charge < -0.3 is 83.2 Å². The van der Waals surface area contributed by atoms with E-state index in [1.54, 1.807) is 58.0 Å². The zero-order valence-corrected chi connectivity index (χ0v) is 50.2. The Labute approximate surface area is 506 Å². The standard InChI is InChI=1S/C60H87N11O16/c1-7-10-12-17-37-25-49(77)63-45(31-72)54(81)64-41(9-3)59(86)71-30-40(76)27-48(71)57(84)68-46(32-73)55(82)66-43(23-36-18-20-38(74)21-19-36)52(79)65-42(22-33(4)5)53(80)69-51(34(6)8-2)58(85)67-44(24-35-15-13-11-14-16-35)60(87)70-29-39(75)26-47(70)56(83)61-28-50(78)62-37/h9,11,13-16,18-21,33-34,37,39-40,42-48,51,72-76H,7-8,10,12,17,22-32H2,1-6H3,(H,61,83)(H,62,78)(H,63,77)(H,64,81)(H,65,79)(H,66,82)(H,67,85)(H,68,84)(H,69,80)/b41-9+/t34-,37+,39+,40+,42+,43+,44+,45-,46-,47-,48-,51-/m0/s1. The van der Waals surface area contributed by atoms with Crippen molar-refractivity contribution < 1.29 is 78.3 Å². The normalized spacial score (nSPS) is 27.7. The highest BCUT2D eigenvalue weighted by Gasteiger charge is 2.44. The third-order valence-corrected chi connectivity index (χ3v) is 15.5. The zero-order chi connectivity index (χ0) is 64.1. The number of nitrogens with zero attached hydrogens (tertiary/aromatic N) is 2. The van der Waals surface area contributed by atoms with Gasteiger partial charge in [0.15, 0.2) is 0 Å². The van der Waals surface area contributed by atoms with Gasteiger partial charge in [-0.05, 0) is 54.9 Å². The molecule has 27 heteroatoms. The zero-order valence-electron chi connectivity index (χ0n) is 50.2. The fraction of sp³-hybridized carbons (Fsp3) is 0.583. The lowest BCUT2D eigenvalue weighted by Gasteiger charge is -2.32. The Hall–Kier alpha value is -8.01. The maximum absolute atomic E-state index is 14.8. The number of unbranched alkanes of at least 4 members (excludes halogenated alkanes) is 2. The Morgan fingerprint density at radius 1 is 0.586 bits per heavy atom. The fourth-order valence-corrected chi connectivity index (χ4v) is 10.6. The summed E-state index contributed by atoms with van der Waals surface area (Å²) in [5, 5.41) is 75.9. The lowest BCUT2D eigenvalue weighted by Crippen LogP contribution is -2.61. The van der Waals surface area contributed by atoms with Crippen LogP contribution in [0.1, 0.15) is 110 Å². The molecule has 0 aromatic heterocycles. The number of nitrogens with one attached hydrogen (secondary N) is 9.